The second kappa shape index (κ2) is 13.0. The zero-order chi connectivity index (χ0) is 37.2. The van der Waals surface area contributed by atoms with Crippen molar-refractivity contribution in [2.45, 2.75) is 109 Å². The molecule has 2 amide bonds. The number of rotatable bonds is 10. The second-order valence-corrected chi connectivity index (χ2v) is 15.8. The van der Waals surface area contributed by atoms with Crippen molar-refractivity contribution < 1.29 is 32.1 Å². The van der Waals surface area contributed by atoms with Crippen LogP contribution in [0.4, 0.5) is 18.9 Å². The summed E-state index contributed by atoms with van der Waals surface area (Å²) in [6.45, 7) is 10.3. The number of hydrogen-bond donors (Lipinski definition) is 3. The Morgan fingerprint density at radius 2 is 1.79 bits per heavy atom. The third-order valence-electron chi connectivity index (χ3n) is 12.1. The lowest BCUT2D eigenvalue weighted by Crippen LogP contribution is -2.65. The molecule has 52 heavy (non-hydrogen) atoms. The van der Waals surface area contributed by atoms with E-state index in [2.05, 4.69) is 41.7 Å². The second-order valence-electron chi connectivity index (χ2n) is 15.8. The molecule has 3 aromatic rings. The molecule has 0 radical (unpaired) electrons. The Bertz CT molecular complexity index is 1920. The smallest absolute Gasteiger partial charge is 0.404 e. The molecule has 0 unspecified atom stereocenters. The molecule has 1 saturated heterocycles. The molecule has 0 spiro atoms. The van der Waals surface area contributed by atoms with Gasteiger partial charge in [0.2, 0.25) is 11.8 Å². The molecule has 5 aliphatic rings. The van der Waals surface area contributed by atoms with E-state index < -0.39 is 53.4 Å². The number of fused-ring (bicyclic) bond motifs is 1. The predicted octanol–water partition coefficient (Wildman–Crippen LogP) is 5.56. The van der Waals surface area contributed by atoms with E-state index >= 15 is 0 Å². The minimum Gasteiger partial charge on any atom is -0.404 e. The van der Waals surface area contributed by atoms with Crippen LogP contribution in [-0.2, 0) is 43.6 Å². The van der Waals surface area contributed by atoms with E-state index in [1.165, 1.54) is 22.9 Å². The largest absolute Gasteiger partial charge is 0.481 e. The Morgan fingerprint density at radius 1 is 1.06 bits per heavy atom. The summed E-state index contributed by atoms with van der Waals surface area (Å²) in [5, 5.41) is 9.06. The number of nitrogens with one attached hydrogen (secondary N) is 3. The topological polar surface area (TPSA) is 124 Å². The summed E-state index contributed by atoms with van der Waals surface area (Å²) in [4.78, 5) is 46.4. The number of carbonyl (C=O) groups excluding carboxylic acids is 2. The fourth-order valence-corrected chi connectivity index (χ4v) is 9.07. The summed E-state index contributed by atoms with van der Waals surface area (Å²) < 4.78 is 54.5. The van der Waals surface area contributed by atoms with Crippen LogP contribution in [-0.4, -0.2) is 46.1 Å². The van der Waals surface area contributed by atoms with Crippen LogP contribution >= 0.6 is 0 Å². The van der Waals surface area contributed by atoms with Gasteiger partial charge in [0.15, 0.2) is 0 Å². The Balaban J connectivity index is 1.14. The molecule has 3 heterocycles. The first kappa shape index (κ1) is 36.2. The van der Waals surface area contributed by atoms with Gasteiger partial charge in [0.1, 0.15) is 17.6 Å². The van der Waals surface area contributed by atoms with Crippen molar-refractivity contribution in [2.75, 3.05) is 5.32 Å². The zero-order valence-corrected chi connectivity index (χ0v) is 30.0. The molecule has 4 fully saturated rings. The van der Waals surface area contributed by atoms with Crippen molar-refractivity contribution in [3.63, 3.8) is 0 Å². The molecular weight excluding hydrogens is 674 g/mol. The summed E-state index contributed by atoms with van der Waals surface area (Å²) in [5.41, 5.74) is -1.78. The highest BCUT2D eigenvalue weighted by molar-refractivity contribution is 6.47. The van der Waals surface area contributed by atoms with Crippen LogP contribution in [0.25, 0.3) is 0 Å². The lowest BCUT2D eigenvalue weighted by Gasteiger charge is -2.64. The van der Waals surface area contributed by atoms with Crippen LogP contribution in [0.1, 0.15) is 88.9 Å². The van der Waals surface area contributed by atoms with Gasteiger partial charge in [0, 0.05) is 13.0 Å². The van der Waals surface area contributed by atoms with E-state index in [9.17, 15) is 27.6 Å². The molecule has 2 bridgehead atoms. The van der Waals surface area contributed by atoms with Gasteiger partial charge in [0.05, 0.1) is 41.4 Å². The molecule has 3 saturated carbocycles. The van der Waals surface area contributed by atoms with Crippen LogP contribution in [0.15, 0.2) is 65.6 Å². The molecule has 276 valence electrons. The first-order chi connectivity index (χ1) is 24.5. The Kier molecular flexibility index (Phi) is 9.09. The SMILES string of the molecule is CC[C@H](NC(=O)[C@@H]1C[C@@](C)(NC(=O)Cc2ccccc2)c2ncc(NCc3cccc(C(F)(F)F)c3)c(=O)n21)B1O[C@@H]2C[C@@H]3C[C@@H](C3(C)C)[C@]2(C)O1. The highest BCUT2D eigenvalue weighted by atomic mass is 19.4. The molecule has 3 N–H and O–H groups in total. The summed E-state index contributed by atoms with van der Waals surface area (Å²) >= 11 is 0. The van der Waals surface area contributed by atoms with Crippen molar-refractivity contribution in [1.82, 2.24) is 20.2 Å². The van der Waals surface area contributed by atoms with Crippen LogP contribution in [0, 0.1) is 17.3 Å². The molecule has 10 nitrogen and oxygen atoms in total. The van der Waals surface area contributed by atoms with Gasteiger partial charge in [-0.15, -0.1) is 0 Å². The van der Waals surface area contributed by atoms with Gasteiger partial charge in [-0.2, -0.15) is 13.2 Å². The molecule has 7 atom stereocenters. The molecule has 8 rings (SSSR count). The highest BCUT2D eigenvalue weighted by Gasteiger charge is 2.68. The third-order valence-corrected chi connectivity index (χ3v) is 12.1. The van der Waals surface area contributed by atoms with E-state index in [1.54, 1.807) is 6.92 Å². The van der Waals surface area contributed by atoms with Crippen molar-refractivity contribution >= 4 is 24.6 Å². The number of alkyl halides is 3. The molecule has 14 heteroatoms. The number of carbonyl (C=O) groups is 2. The number of halogens is 3. The number of anilines is 1. The van der Waals surface area contributed by atoms with Crippen LogP contribution in [0.3, 0.4) is 0 Å². The van der Waals surface area contributed by atoms with Crippen molar-refractivity contribution in [2.24, 2.45) is 17.3 Å². The first-order valence-corrected chi connectivity index (χ1v) is 18.0. The maximum Gasteiger partial charge on any atom is 0.481 e. The molecule has 2 aliphatic heterocycles. The fraction of sp³-hybridized carbons (Fsp3) is 0.526. The molecule has 1 aromatic heterocycles. The third kappa shape index (κ3) is 6.31. The zero-order valence-electron chi connectivity index (χ0n) is 30.0. The predicted molar refractivity (Wildman–Crippen MR) is 189 cm³/mol. The van der Waals surface area contributed by atoms with Gasteiger partial charge in [-0.3, -0.25) is 19.0 Å². The van der Waals surface area contributed by atoms with E-state index in [0.717, 1.165) is 30.5 Å². The van der Waals surface area contributed by atoms with E-state index in [1.807, 2.05) is 37.3 Å². The van der Waals surface area contributed by atoms with Crippen LogP contribution in [0.5, 0.6) is 0 Å². The molecule has 3 aliphatic carbocycles. The number of aromatic nitrogens is 2. The normalized spacial score (nSPS) is 29.0. The van der Waals surface area contributed by atoms with Gasteiger partial charge < -0.3 is 25.3 Å². The fourth-order valence-electron chi connectivity index (χ4n) is 9.07. The van der Waals surface area contributed by atoms with E-state index in [4.69, 9.17) is 9.31 Å². The lowest BCUT2D eigenvalue weighted by molar-refractivity contribution is -0.199. The lowest BCUT2D eigenvalue weighted by atomic mass is 9.43. The van der Waals surface area contributed by atoms with Gasteiger partial charge >= 0.3 is 13.3 Å². The van der Waals surface area contributed by atoms with E-state index in [-0.39, 0.29) is 48.3 Å². The quantitative estimate of drug-likeness (QED) is 0.235. The van der Waals surface area contributed by atoms with E-state index in [0.29, 0.717) is 23.8 Å². The van der Waals surface area contributed by atoms with Gasteiger partial charge in [-0.05, 0) is 73.6 Å². The van der Waals surface area contributed by atoms with Gasteiger partial charge in [0.25, 0.3) is 5.56 Å². The standard InChI is InChI=1S/C38H45BF3N5O5/c1-6-30(39-51-29-18-25-17-28(35(25,2)3)37(29,5)52-39)45-32(49)27-19-36(4,46-31(48)16-22-11-8-7-9-12-22)34-44-21-26(33(50)47(27)34)43-20-23-13-10-14-24(15-23)38(40,41)42/h7-15,21,25,27-30,43H,6,16-20H2,1-5H3,(H,45,49)(H,46,48)/t25-,27-,28-,29+,30-,36+,37-/m0/s1. The first-order valence-electron chi connectivity index (χ1n) is 18.0. The summed E-state index contributed by atoms with van der Waals surface area (Å²) in [7, 11) is -0.674. The van der Waals surface area contributed by atoms with Gasteiger partial charge in [-0.1, -0.05) is 63.2 Å². The average molecular weight is 720 g/mol. The summed E-state index contributed by atoms with van der Waals surface area (Å²) in [6, 6.07) is 13.0. The van der Waals surface area contributed by atoms with Gasteiger partial charge in [-0.25, -0.2) is 4.98 Å². The Labute approximate surface area is 301 Å². The average Bonchev–Trinajstić information content (AvgIpc) is 3.61. The highest BCUT2D eigenvalue weighted by Crippen LogP contribution is 2.65. The van der Waals surface area contributed by atoms with Crippen LogP contribution < -0.4 is 21.5 Å². The Hall–Kier alpha value is -4.17. The Morgan fingerprint density at radius 3 is 2.48 bits per heavy atom. The summed E-state index contributed by atoms with van der Waals surface area (Å²) in [5.74, 6) is -0.165. The molecular formula is C38H45BF3N5O5. The number of nitrogens with zero attached hydrogens (tertiary/aromatic N) is 2. The minimum atomic E-state index is -4.52. The van der Waals surface area contributed by atoms with Crippen molar-refractivity contribution in [3.8, 4) is 0 Å². The molecule has 2 aromatic carbocycles. The maximum atomic E-state index is 14.3. The minimum absolute atomic E-state index is 0.00641. The van der Waals surface area contributed by atoms with Crippen molar-refractivity contribution in [1.29, 1.82) is 0 Å². The monoisotopic (exact) mass is 719 g/mol. The van der Waals surface area contributed by atoms with Crippen molar-refractivity contribution in [3.05, 3.63) is 93.7 Å². The number of hydrogen-bond acceptors (Lipinski definition) is 7. The number of amides is 2. The maximum absolute atomic E-state index is 14.3. The van der Waals surface area contributed by atoms with Crippen LogP contribution in [0.2, 0.25) is 0 Å². The number of benzene rings is 2. The summed E-state index contributed by atoms with van der Waals surface area (Å²) in [6.07, 6.45) is -0.671.